The molecular weight excluding hydrogens is 359 g/mol. The van der Waals surface area contributed by atoms with Gasteiger partial charge in [-0.2, -0.15) is 0 Å². The van der Waals surface area contributed by atoms with E-state index >= 15 is 0 Å². The Labute approximate surface area is 160 Å². The van der Waals surface area contributed by atoms with Crippen LogP contribution in [-0.2, 0) is 22.6 Å². The predicted molar refractivity (Wildman–Crippen MR) is 105 cm³/mol. The SMILES string of the molecule is O=C(CCc1ccc(F)cc1)OCc1cc(=O)oc2ccc3ccccc3c12. The molecule has 28 heavy (non-hydrogen) atoms. The molecule has 0 aliphatic carbocycles. The molecule has 0 saturated carbocycles. The van der Waals surface area contributed by atoms with Crippen molar-refractivity contribution in [2.45, 2.75) is 19.4 Å². The van der Waals surface area contributed by atoms with Gasteiger partial charge in [-0.3, -0.25) is 4.79 Å². The highest BCUT2D eigenvalue weighted by Gasteiger charge is 2.12. The summed E-state index contributed by atoms with van der Waals surface area (Å²) in [6, 6.07) is 18.8. The van der Waals surface area contributed by atoms with Gasteiger partial charge < -0.3 is 9.15 Å². The van der Waals surface area contributed by atoms with E-state index in [0.29, 0.717) is 17.6 Å². The van der Waals surface area contributed by atoms with E-state index in [-0.39, 0.29) is 24.8 Å². The van der Waals surface area contributed by atoms with E-state index in [1.165, 1.54) is 18.2 Å². The number of rotatable bonds is 5. The summed E-state index contributed by atoms with van der Waals surface area (Å²) in [6.45, 7) is -0.0155. The van der Waals surface area contributed by atoms with Gasteiger partial charge in [0, 0.05) is 23.4 Å². The van der Waals surface area contributed by atoms with Crippen molar-refractivity contribution in [2.75, 3.05) is 0 Å². The molecule has 0 amide bonds. The van der Waals surface area contributed by atoms with Crippen LogP contribution in [0.3, 0.4) is 0 Å². The van der Waals surface area contributed by atoms with Crippen LogP contribution < -0.4 is 5.63 Å². The molecule has 0 spiro atoms. The molecule has 4 nitrogen and oxygen atoms in total. The summed E-state index contributed by atoms with van der Waals surface area (Å²) in [5, 5.41) is 2.71. The van der Waals surface area contributed by atoms with Crippen molar-refractivity contribution >= 4 is 27.7 Å². The van der Waals surface area contributed by atoms with E-state index in [1.54, 1.807) is 18.2 Å². The Bertz CT molecular complexity index is 1210. The Morgan fingerprint density at radius 3 is 2.61 bits per heavy atom. The van der Waals surface area contributed by atoms with E-state index in [2.05, 4.69) is 0 Å². The summed E-state index contributed by atoms with van der Waals surface area (Å²) in [5.74, 6) is -0.695. The van der Waals surface area contributed by atoms with Crippen LogP contribution in [0.2, 0.25) is 0 Å². The van der Waals surface area contributed by atoms with Crippen molar-refractivity contribution in [3.63, 3.8) is 0 Å². The van der Waals surface area contributed by atoms with Crippen molar-refractivity contribution in [1.82, 2.24) is 0 Å². The number of hydrogen-bond donors (Lipinski definition) is 0. The van der Waals surface area contributed by atoms with Crippen LogP contribution in [0.25, 0.3) is 21.7 Å². The van der Waals surface area contributed by atoms with E-state index in [0.717, 1.165) is 21.7 Å². The molecule has 0 aliphatic rings. The minimum Gasteiger partial charge on any atom is -0.461 e. The summed E-state index contributed by atoms with van der Waals surface area (Å²) in [5.41, 5.74) is 1.44. The summed E-state index contributed by atoms with van der Waals surface area (Å²) in [6.07, 6.45) is 0.630. The highest BCUT2D eigenvalue weighted by molar-refractivity contribution is 6.07. The van der Waals surface area contributed by atoms with E-state index < -0.39 is 5.63 Å². The van der Waals surface area contributed by atoms with Crippen LogP contribution >= 0.6 is 0 Å². The highest BCUT2D eigenvalue weighted by atomic mass is 19.1. The number of halogens is 1. The van der Waals surface area contributed by atoms with Crippen LogP contribution in [0.1, 0.15) is 17.5 Å². The lowest BCUT2D eigenvalue weighted by Crippen LogP contribution is -2.08. The zero-order valence-corrected chi connectivity index (χ0v) is 15.0. The third-order valence-corrected chi connectivity index (χ3v) is 4.63. The molecule has 140 valence electrons. The molecule has 1 heterocycles. The zero-order valence-electron chi connectivity index (χ0n) is 15.0. The Morgan fingerprint density at radius 1 is 1.00 bits per heavy atom. The van der Waals surface area contributed by atoms with Crippen molar-refractivity contribution in [2.24, 2.45) is 0 Å². The lowest BCUT2D eigenvalue weighted by Gasteiger charge is -2.10. The molecule has 0 atom stereocenters. The van der Waals surface area contributed by atoms with Crippen LogP contribution in [-0.4, -0.2) is 5.97 Å². The summed E-state index contributed by atoms with van der Waals surface area (Å²) >= 11 is 0. The number of hydrogen-bond acceptors (Lipinski definition) is 4. The van der Waals surface area contributed by atoms with Gasteiger partial charge in [-0.1, -0.05) is 42.5 Å². The molecule has 0 saturated heterocycles. The summed E-state index contributed by atoms with van der Waals surface area (Å²) in [4.78, 5) is 24.0. The van der Waals surface area contributed by atoms with Crippen LogP contribution in [0, 0.1) is 5.82 Å². The first-order valence-electron chi connectivity index (χ1n) is 8.95. The van der Waals surface area contributed by atoms with Gasteiger partial charge >= 0.3 is 11.6 Å². The van der Waals surface area contributed by atoms with Crippen LogP contribution in [0.15, 0.2) is 75.9 Å². The minimum atomic E-state index is -0.486. The zero-order chi connectivity index (χ0) is 19.5. The van der Waals surface area contributed by atoms with Gasteiger partial charge in [0.25, 0.3) is 0 Å². The third-order valence-electron chi connectivity index (χ3n) is 4.63. The normalized spacial score (nSPS) is 11.0. The smallest absolute Gasteiger partial charge is 0.336 e. The molecule has 4 aromatic rings. The molecule has 0 N–H and O–H groups in total. The molecule has 0 bridgehead atoms. The number of fused-ring (bicyclic) bond motifs is 3. The van der Waals surface area contributed by atoms with Crippen molar-refractivity contribution in [3.05, 3.63) is 94.1 Å². The number of carbonyl (C=O) groups excluding carboxylic acids is 1. The largest absolute Gasteiger partial charge is 0.461 e. The van der Waals surface area contributed by atoms with Crippen LogP contribution in [0.4, 0.5) is 4.39 Å². The molecule has 1 aromatic heterocycles. The maximum absolute atomic E-state index is 12.9. The average Bonchev–Trinajstić information content (AvgIpc) is 2.71. The second kappa shape index (κ2) is 7.64. The number of ether oxygens (including phenoxy) is 1. The van der Waals surface area contributed by atoms with Gasteiger partial charge in [0.05, 0.1) is 0 Å². The molecular formula is C23H17FO4. The second-order valence-corrected chi connectivity index (χ2v) is 6.54. The summed E-state index contributed by atoms with van der Waals surface area (Å²) < 4.78 is 23.6. The lowest BCUT2D eigenvalue weighted by molar-refractivity contribution is -0.144. The van der Waals surface area contributed by atoms with Gasteiger partial charge in [0.15, 0.2) is 0 Å². The first kappa shape index (κ1) is 17.9. The number of esters is 1. The third kappa shape index (κ3) is 3.78. The molecule has 3 aromatic carbocycles. The fourth-order valence-electron chi connectivity index (χ4n) is 3.26. The molecule has 5 heteroatoms. The first-order chi connectivity index (χ1) is 13.6. The van der Waals surface area contributed by atoms with Gasteiger partial charge in [0.1, 0.15) is 18.0 Å². The predicted octanol–water partition coefficient (Wildman–Crippen LogP) is 4.76. The maximum Gasteiger partial charge on any atom is 0.336 e. The first-order valence-corrected chi connectivity index (χ1v) is 8.95. The van der Waals surface area contributed by atoms with E-state index in [4.69, 9.17) is 9.15 Å². The van der Waals surface area contributed by atoms with Crippen molar-refractivity contribution in [1.29, 1.82) is 0 Å². The number of aryl methyl sites for hydroxylation is 1. The average molecular weight is 376 g/mol. The van der Waals surface area contributed by atoms with Crippen molar-refractivity contribution in [3.8, 4) is 0 Å². The molecule has 0 aliphatic heterocycles. The molecule has 0 fully saturated rings. The lowest BCUT2D eigenvalue weighted by atomic mass is 10.0. The Morgan fingerprint density at radius 2 is 1.79 bits per heavy atom. The minimum absolute atomic E-state index is 0.0155. The van der Waals surface area contributed by atoms with E-state index in [9.17, 15) is 14.0 Å². The van der Waals surface area contributed by atoms with Gasteiger partial charge in [-0.05, 0) is 41.0 Å². The Balaban J connectivity index is 1.54. The molecule has 0 unspecified atom stereocenters. The van der Waals surface area contributed by atoms with Gasteiger partial charge in [-0.15, -0.1) is 0 Å². The standard InChI is InChI=1S/C23H17FO4/c24-18-9-5-15(6-10-18)7-12-21(25)27-14-17-13-22(26)28-20-11-8-16-3-1-2-4-19(16)23(17)20/h1-6,8-11,13H,7,12,14H2. The molecule has 4 rings (SSSR count). The number of carbonyl (C=O) groups is 1. The topological polar surface area (TPSA) is 56.5 Å². The Hall–Kier alpha value is -3.47. The van der Waals surface area contributed by atoms with Crippen molar-refractivity contribution < 1.29 is 18.3 Å². The maximum atomic E-state index is 12.9. The second-order valence-electron chi connectivity index (χ2n) is 6.54. The molecule has 0 radical (unpaired) electrons. The van der Waals surface area contributed by atoms with Crippen LogP contribution in [0.5, 0.6) is 0 Å². The summed E-state index contributed by atoms with van der Waals surface area (Å²) in [7, 11) is 0. The van der Waals surface area contributed by atoms with E-state index in [1.807, 2.05) is 30.3 Å². The monoisotopic (exact) mass is 376 g/mol. The highest BCUT2D eigenvalue weighted by Crippen LogP contribution is 2.27. The Kier molecular flexibility index (Phi) is 4.89. The number of benzene rings is 3. The fourth-order valence-corrected chi connectivity index (χ4v) is 3.26. The fraction of sp³-hybridized carbons (Fsp3) is 0.130. The van der Waals surface area contributed by atoms with Gasteiger partial charge in [-0.25, -0.2) is 9.18 Å². The van der Waals surface area contributed by atoms with Gasteiger partial charge in [0.2, 0.25) is 0 Å². The quantitative estimate of drug-likeness (QED) is 0.286.